The molecule has 1 aromatic heterocycles. The number of allylic oxidation sites excluding steroid dienone is 1. The first-order valence-corrected chi connectivity index (χ1v) is 9.41. The largest absolute Gasteiger partial charge is 0.469 e. The van der Waals surface area contributed by atoms with Gasteiger partial charge in [-0.1, -0.05) is 6.07 Å². The molecule has 0 saturated carbocycles. The number of rotatable bonds is 6. The molecule has 0 aliphatic carbocycles. The summed E-state index contributed by atoms with van der Waals surface area (Å²) < 4.78 is 10.3. The lowest BCUT2D eigenvalue weighted by atomic mass is 10.1. The van der Waals surface area contributed by atoms with Crippen molar-refractivity contribution in [2.24, 2.45) is 4.99 Å². The Morgan fingerprint density at radius 3 is 2.92 bits per heavy atom. The Kier molecular flexibility index (Phi) is 6.57. The van der Waals surface area contributed by atoms with Crippen LogP contribution in [-0.4, -0.2) is 45.6 Å². The molecule has 136 valence electrons. The summed E-state index contributed by atoms with van der Waals surface area (Å²) in [4.78, 5) is 19.7. The minimum Gasteiger partial charge on any atom is -0.469 e. The van der Waals surface area contributed by atoms with Crippen molar-refractivity contribution in [2.75, 3.05) is 38.3 Å². The van der Waals surface area contributed by atoms with Crippen molar-refractivity contribution in [1.29, 1.82) is 0 Å². The van der Waals surface area contributed by atoms with Gasteiger partial charge in [0.1, 0.15) is 0 Å². The van der Waals surface area contributed by atoms with Crippen LogP contribution in [0.2, 0.25) is 0 Å². The smallest absolute Gasteiger partial charge is 0.310 e. The highest BCUT2D eigenvalue weighted by Gasteiger charge is 2.17. The maximum Gasteiger partial charge on any atom is 0.310 e. The van der Waals surface area contributed by atoms with Crippen LogP contribution < -0.4 is 4.90 Å². The number of ether oxygens (including phenoxy) is 2. The molecule has 3 rings (SSSR count). The minimum absolute atomic E-state index is 0.234. The maximum absolute atomic E-state index is 11.8. The van der Waals surface area contributed by atoms with Crippen LogP contribution in [0.25, 0.3) is 6.08 Å². The summed E-state index contributed by atoms with van der Waals surface area (Å²) in [5.41, 5.74) is 2.79. The van der Waals surface area contributed by atoms with Gasteiger partial charge in [-0.3, -0.25) is 9.79 Å². The first kappa shape index (κ1) is 18.4. The summed E-state index contributed by atoms with van der Waals surface area (Å²) in [6.07, 6.45) is 5.94. The van der Waals surface area contributed by atoms with Crippen LogP contribution in [0.4, 0.5) is 11.4 Å². The van der Waals surface area contributed by atoms with Crippen LogP contribution in [0, 0.1) is 0 Å². The van der Waals surface area contributed by atoms with Crippen LogP contribution in [0.3, 0.4) is 0 Å². The molecular formula is C20H22N2O3S. The van der Waals surface area contributed by atoms with E-state index in [-0.39, 0.29) is 12.4 Å². The van der Waals surface area contributed by atoms with Gasteiger partial charge < -0.3 is 14.4 Å². The standard InChI is InChI=1S/C20H22N2O3S/c1-24-20(23)15-16-14-17(21-8-2-4-18-5-3-13-26-18)6-7-19(16)22-9-11-25-12-10-22/h2-8,13-14H,9-12,15H2,1H3/b4-2+,21-8?. The maximum atomic E-state index is 11.8. The molecular weight excluding hydrogens is 348 g/mol. The number of carbonyl (C=O) groups excluding carboxylic acids is 1. The van der Waals surface area contributed by atoms with Crippen molar-refractivity contribution >= 4 is 41.0 Å². The van der Waals surface area contributed by atoms with Gasteiger partial charge in [0.25, 0.3) is 0 Å². The monoisotopic (exact) mass is 370 g/mol. The molecule has 1 saturated heterocycles. The minimum atomic E-state index is -0.252. The van der Waals surface area contributed by atoms with Crippen LogP contribution >= 0.6 is 11.3 Å². The summed E-state index contributed by atoms with van der Waals surface area (Å²) in [7, 11) is 1.41. The molecule has 1 fully saturated rings. The first-order chi connectivity index (χ1) is 12.8. The second-order valence-corrected chi connectivity index (χ2v) is 6.80. The average Bonchev–Trinajstić information content (AvgIpc) is 3.19. The lowest BCUT2D eigenvalue weighted by molar-refractivity contribution is -0.139. The highest BCUT2D eigenvalue weighted by molar-refractivity contribution is 7.10. The molecule has 0 amide bonds. The molecule has 2 aromatic rings. The molecule has 0 spiro atoms. The number of morpholine rings is 1. The number of thiophene rings is 1. The summed E-state index contributed by atoms with van der Waals surface area (Å²) >= 11 is 1.68. The van der Waals surface area contributed by atoms with Crippen molar-refractivity contribution in [3.05, 3.63) is 52.2 Å². The number of nitrogens with zero attached hydrogens (tertiary/aromatic N) is 2. The number of anilines is 1. The quantitative estimate of drug-likeness (QED) is 0.574. The molecule has 26 heavy (non-hydrogen) atoms. The number of hydrogen-bond acceptors (Lipinski definition) is 6. The van der Waals surface area contributed by atoms with E-state index in [1.165, 1.54) is 12.0 Å². The van der Waals surface area contributed by atoms with E-state index in [0.29, 0.717) is 13.2 Å². The number of hydrogen-bond donors (Lipinski definition) is 0. The van der Waals surface area contributed by atoms with Gasteiger partial charge in [-0.15, -0.1) is 11.3 Å². The third-order valence-electron chi connectivity index (χ3n) is 4.09. The van der Waals surface area contributed by atoms with Crippen molar-refractivity contribution in [1.82, 2.24) is 0 Å². The van der Waals surface area contributed by atoms with Gasteiger partial charge in [0.15, 0.2) is 0 Å². The van der Waals surface area contributed by atoms with E-state index in [1.54, 1.807) is 17.6 Å². The number of methoxy groups -OCH3 is 1. The fourth-order valence-corrected chi connectivity index (χ4v) is 3.42. The normalized spacial score (nSPS) is 15.0. The fourth-order valence-electron chi connectivity index (χ4n) is 2.79. The Morgan fingerprint density at radius 2 is 2.19 bits per heavy atom. The van der Waals surface area contributed by atoms with E-state index < -0.39 is 0 Å². The lowest BCUT2D eigenvalue weighted by Crippen LogP contribution is -2.36. The van der Waals surface area contributed by atoms with Gasteiger partial charge in [-0.05, 0) is 47.4 Å². The highest BCUT2D eigenvalue weighted by atomic mass is 32.1. The van der Waals surface area contributed by atoms with Gasteiger partial charge in [0.2, 0.25) is 0 Å². The Morgan fingerprint density at radius 1 is 1.35 bits per heavy atom. The van der Waals surface area contributed by atoms with E-state index >= 15 is 0 Å². The van der Waals surface area contributed by atoms with E-state index in [9.17, 15) is 4.79 Å². The summed E-state index contributed by atoms with van der Waals surface area (Å²) in [6, 6.07) is 10.0. The molecule has 0 atom stereocenters. The number of carbonyl (C=O) groups is 1. The molecule has 1 aliphatic heterocycles. The Hall–Kier alpha value is -2.44. The SMILES string of the molecule is COC(=O)Cc1cc(N=C/C=C/c2cccs2)ccc1N1CCOCC1. The van der Waals surface area contributed by atoms with Crippen LogP contribution in [0.1, 0.15) is 10.4 Å². The van der Waals surface area contributed by atoms with Crippen molar-refractivity contribution in [3.63, 3.8) is 0 Å². The summed E-state index contributed by atoms with van der Waals surface area (Å²) in [6.45, 7) is 3.04. The molecule has 1 aliphatic rings. The molecule has 1 aromatic carbocycles. The lowest BCUT2D eigenvalue weighted by Gasteiger charge is -2.30. The molecule has 0 bridgehead atoms. The van der Waals surface area contributed by atoms with Crippen LogP contribution in [0.15, 0.2) is 46.8 Å². The van der Waals surface area contributed by atoms with Gasteiger partial charge in [0.05, 0.1) is 32.4 Å². The zero-order valence-corrected chi connectivity index (χ0v) is 15.6. The Bertz CT molecular complexity index is 778. The zero-order chi connectivity index (χ0) is 18.2. The predicted molar refractivity (Wildman–Crippen MR) is 107 cm³/mol. The number of esters is 1. The van der Waals surface area contributed by atoms with E-state index in [1.807, 2.05) is 41.8 Å². The summed E-state index contributed by atoms with van der Waals surface area (Å²) in [5.74, 6) is -0.252. The van der Waals surface area contributed by atoms with E-state index in [4.69, 9.17) is 9.47 Å². The van der Waals surface area contributed by atoms with Gasteiger partial charge in [0, 0.05) is 29.9 Å². The van der Waals surface area contributed by atoms with Gasteiger partial charge in [-0.25, -0.2) is 0 Å². The van der Waals surface area contributed by atoms with E-state index in [2.05, 4.69) is 16.0 Å². The second kappa shape index (κ2) is 9.31. The molecule has 2 heterocycles. The molecule has 0 radical (unpaired) electrons. The van der Waals surface area contributed by atoms with Crippen molar-refractivity contribution in [2.45, 2.75) is 6.42 Å². The van der Waals surface area contributed by atoms with Crippen molar-refractivity contribution in [3.8, 4) is 0 Å². The number of benzene rings is 1. The van der Waals surface area contributed by atoms with Gasteiger partial charge >= 0.3 is 5.97 Å². The number of aliphatic imine (C=N–C) groups is 1. The Balaban J connectivity index is 1.77. The average molecular weight is 370 g/mol. The molecule has 6 heteroatoms. The fraction of sp³-hybridized carbons (Fsp3) is 0.300. The van der Waals surface area contributed by atoms with Gasteiger partial charge in [-0.2, -0.15) is 0 Å². The van der Waals surface area contributed by atoms with Crippen LogP contribution in [-0.2, 0) is 20.7 Å². The first-order valence-electron chi connectivity index (χ1n) is 8.53. The molecule has 5 nitrogen and oxygen atoms in total. The van der Waals surface area contributed by atoms with Crippen LogP contribution in [0.5, 0.6) is 0 Å². The van der Waals surface area contributed by atoms with E-state index in [0.717, 1.165) is 30.0 Å². The highest BCUT2D eigenvalue weighted by Crippen LogP contribution is 2.27. The topological polar surface area (TPSA) is 51.1 Å². The second-order valence-electron chi connectivity index (χ2n) is 5.82. The molecule has 0 unspecified atom stereocenters. The third kappa shape index (κ3) is 5.03. The molecule has 0 N–H and O–H groups in total. The predicted octanol–water partition coefficient (Wildman–Crippen LogP) is 3.72. The third-order valence-corrected chi connectivity index (χ3v) is 4.93. The zero-order valence-electron chi connectivity index (χ0n) is 14.8. The van der Waals surface area contributed by atoms with Crippen molar-refractivity contribution < 1.29 is 14.3 Å². The Labute approximate surface area is 157 Å². The summed E-state index contributed by atoms with van der Waals surface area (Å²) in [5, 5.41) is 2.04.